The number of aromatic hydroxyl groups is 1. The van der Waals surface area contributed by atoms with E-state index in [4.69, 9.17) is 22.4 Å². The van der Waals surface area contributed by atoms with E-state index < -0.39 is 11.9 Å². The van der Waals surface area contributed by atoms with Crippen LogP contribution in [0.4, 0.5) is 4.39 Å². The van der Waals surface area contributed by atoms with Gasteiger partial charge < -0.3 is 15.9 Å². The molecule has 3 nitrogen and oxygen atoms in total. The van der Waals surface area contributed by atoms with Crippen LogP contribution in [0.2, 0.25) is 5.02 Å². The summed E-state index contributed by atoms with van der Waals surface area (Å²) >= 11 is 5.46. The second kappa shape index (κ2) is 4.59. The number of benzene rings is 1. The molecule has 1 rings (SSSR count). The molecule has 14 heavy (non-hydrogen) atoms. The van der Waals surface area contributed by atoms with Gasteiger partial charge in [0.2, 0.25) is 0 Å². The van der Waals surface area contributed by atoms with Crippen LogP contribution in [0.1, 0.15) is 18.1 Å². The highest BCUT2D eigenvalue weighted by Gasteiger charge is 2.16. The topological polar surface area (TPSA) is 66.5 Å². The highest BCUT2D eigenvalue weighted by molar-refractivity contribution is 6.32. The Morgan fingerprint density at radius 3 is 2.71 bits per heavy atom. The molecule has 4 N–H and O–H groups in total. The Morgan fingerprint density at radius 1 is 1.50 bits per heavy atom. The molecule has 0 spiro atoms. The second-order valence-electron chi connectivity index (χ2n) is 2.90. The maximum Gasteiger partial charge on any atom is 0.151 e. The molecule has 0 bridgehead atoms. The zero-order chi connectivity index (χ0) is 10.7. The van der Waals surface area contributed by atoms with Crippen molar-refractivity contribution in [2.75, 3.05) is 6.54 Å². The predicted octanol–water partition coefficient (Wildman–Crippen LogP) is 1.57. The minimum absolute atomic E-state index is 0.0539. The van der Waals surface area contributed by atoms with E-state index in [0.717, 1.165) is 0 Å². The Bertz CT molecular complexity index is 333. The van der Waals surface area contributed by atoms with Crippen LogP contribution in [0.25, 0.3) is 0 Å². The van der Waals surface area contributed by atoms with Crippen molar-refractivity contribution in [3.8, 4) is 5.75 Å². The van der Waals surface area contributed by atoms with Gasteiger partial charge in [0.25, 0.3) is 0 Å². The van der Waals surface area contributed by atoms with Crippen molar-refractivity contribution in [3.63, 3.8) is 0 Å². The van der Waals surface area contributed by atoms with Crippen molar-refractivity contribution in [2.24, 2.45) is 5.73 Å². The van der Waals surface area contributed by atoms with Crippen LogP contribution < -0.4 is 5.73 Å². The van der Waals surface area contributed by atoms with Crippen molar-refractivity contribution < 1.29 is 14.6 Å². The summed E-state index contributed by atoms with van der Waals surface area (Å²) in [7, 11) is 0. The zero-order valence-corrected chi connectivity index (χ0v) is 8.13. The number of hydrogen-bond acceptors (Lipinski definition) is 3. The maximum atomic E-state index is 13.3. The molecule has 0 aliphatic heterocycles. The highest BCUT2D eigenvalue weighted by atomic mass is 35.5. The van der Waals surface area contributed by atoms with E-state index in [1.54, 1.807) is 0 Å². The normalized spacial score (nSPS) is 12.9. The van der Waals surface area contributed by atoms with Crippen LogP contribution in [0.3, 0.4) is 0 Å². The molecule has 1 aromatic rings. The predicted molar refractivity (Wildman–Crippen MR) is 51.7 cm³/mol. The van der Waals surface area contributed by atoms with Crippen molar-refractivity contribution in [2.45, 2.75) is 12.5 Å². The number of phenols is 1. The summed E-state index contributed by atoms with van der Waals surface area (Å²) < 4.78 is 13.3. The van der Waals surface area contributed by atoms with Crippen LogP contribution in [-0.2, 0) is 0 Å². The molecule has 0 radical (unpaired) electrons. The first-order chi connectivity index (χ1) is 6.57. The van der Waals surface area contributed by atoms with Gasteiger partial charge in [-0.25, -0.2) is 4.39 Å². The molecular formula is C9H11ClFNO2. The third-order valence-electron chi connectivity index (χ3n) is 1.89. The molecule has 0 aliphatic carbocycles. The second-order valence-corrected chi connectivity index (χ2v) is 3.27. The molecule has 1 aromatic carbocycles. The van der Waals surface area contributed by atoms with Crippen molar-refractivity contribution >= 4 is 11.6 Å². The van der Waals surface area contributed by atoms with Crippen LogP contribution in [0, 0.1) is 5.82 Å². The molecule has 0 amide bonds. The number of phenolic OH excluding ortho intramolecular Hbond substituents is 1. The van der Waals surface area contributed by atoms with Gasteiger partial charge in [0.05, 0.1) is 6.10 Å². The third kappa shape index (κ3) is 2.15. The van der Waals surface area contributed by atoms with E-state index in [0.29, 0.717) is 0 Å². The van der Waals surface area contributed by atoms with Gasteiger partial charge in [-0.3, -0.25) is 0 Å². The van der Waals surface area contributed by atoms with Gasteiger partial charge in [0.1, 0.15) is 10.8 Å². The summed E-state index contributed by atoms with van der Waals surface area (Å²) in [5.74, 6) is -1.14. The van der Waals surface area contributed by atoms with Crippen molar-refractivity contribution in [3.05, 3.63) is 28.5 Å². The third-order valence-corrected chi connectivity index (χ3v) is 2.25. The summed E-state index contributed by atoms with van der Waals surface area (Å²) in [5, 5.41) is 18.1. The SMILES string of the molecule is NCCC(O)c1ccc(O)c(Cl)c1F. The summed E-state index contributed by atoms with van der Waals surface area (Å²) in [6.07, 6.45) is -0.740. The number of nitrogens with two attached hydrogens (primary N) is 1. The fraction of sp³-hybridized carbons (Fsp3) is 0.333. The van der Waals surface area contributed by atoms with Gasteiger partial charge in [-0.2, -0.15) is 0 Å². The highest BCUT2D eigenvalue weighted by Crippen LogP contribution is 2.31. The molecule has 5 heteroatoms. The van der Waals surface area contributed by atoms with Gasteiger partial charge >= 0.3 is 0 Å². The first-order valence-electron chi connectivity index (χ1n) is 4.13. The summed E-state index contributed by atoms with van der Waals surface area (Å²) in [4.78, 5) is 0. The zero-order valence-electron chi connectivity index (χ0n) is 7.37. The van der Waals surface area contributed by atoms with Crippen molar-refractivity contribution in [1.82, 2.24) is 0 Å². The monoisotopic (exact) mass is 219 g/mol. The summed E-state index contributed by atoms with van der Waals surface area (Å²) in [6, 6.07) is 2.53. The van der Waals surface area contributed by atoms with Crippen LogP contribution in [0.15, 0.2) is 12.1 Å². The smallest absolute Gasteiger partial charge is 0.151 e. The Balaban J connectivity index is 3.04. The lowest BCUT2D eigenvalue weighted by atomic mass is 10.1. The molecule has 0 aromatic heterocycles. The van der Waals surface area contributed by atoms with E-state index in [9.17, 15) is 9.50 Å². The summed E-state index contributed by atoms with van der Waals surface area (Å²) in [6.45, 7) is 0.249. The lowest BCUT2D eigenvalue weighted by Gasteiger charge is -2.11. The largest absolute Gasteiger partial charge is 0.506 e. The first kappa shape index (κ1) is 11.2. The molecule has 0 saturated heterocycles. The van der Waals surface area contributed by atoms with Gasteiger partial charge in [-0.05, 0) is 25.1 Å². The average Bonchev–Trinajstić information content (AvgIpc) is 2.15. The maximum absolute atomic E-state index is 13.3. The van der Waals surface area contributed by atoms with Crippen molar-refractivity contribution in [1.29, 1.82) is 0 Å². The number of halogens is 2. The quantitative estimate of drug-likeness (QED) is 0.723. The minimum Gasteiger partial charge on any atom is -0.506 e. The standard InChI is InChI=1S/C9H11ClFNO2/c10-8-7(14)2-1-5(9(8)11)6(13)3-4-12/h1-2,6,13-14H,3-4,12H2. The van der Waals surface area contributed by atoms with E-state index in [1.807, 2.05) is 0 Å². The Hall–Kier alpha value is -0.840. The Labute approximate surface area is 85.9 Å². The first-order valence-corrected chi connectivity index (χ1v) is 4.50. The van der Waals surface area contributed by atoms with Gasteiger partial charge in [0.15, 0.2) is 5.82 Å². The average molecular weight is 220 g/mol. The lowest BCUT2D eigenvalue weighted by molar-refractivity contribution is 0.165. The number of aliphatic hydroxyl groups is 1. The lowest BCUT2D eigenvalue weighted by Crippen LogP contribution is -2.08. The van der Waals surface area contributed by atoms with E-state index >= 15 is 0 Å². The fourth-order valence-corrected chi connectivity index (χ4v) is 1.30. The Kier molecular flexibility index (Phi) is 3.69. The van der Waals surface area contributed by atoms with Gasteiger partial charge in [-0.1, -0.05) is 11.6 Å². The molecule has 78 valence electrons. The van der Waals surface area contributed by atoms with E-state index in [-0.39, 0.29) is 29.3 Å². The molecule has 0 fully saturated rings. The fourth-order valence-electron chi connectivity index (χ4n) is 1.12. The molecule has 0 heterocycles. The van der Waals surface area contributed by atoms with E-state index in [2.05, 4.69) is 0 Å². The summed E-state index contributed by atoms with van der Waals surface area (Å²) in [5.41, 5.74) is 5.27. The number of rotatable bonds is 3. The molecular weight excluding hydrogens is 209 g/mol. The molecule has 0 aliphatic rings. The molecule has 0 saturated carbocycles. The number of hydrogen-bond donors (Lipinski definition) is 3. The molecule has 1 atom stereocenters. The van der Waals surface area contributed by atoms with Crippen LogP contribution in [-0.4, -0.2) is 16.8 Å². The minimum atomic E-state index is -0.988. The number of aliphatic hydroxyl groups excluding tert-OH is 1. The molecule has 1 unspecified atom stereocenters. The van der Waals surface area contributed by atoms with Crippen LogP contribution >= 0.6 is 11.6 Å². The van der Waals surface area contributed by atoms with Gasteiger partial charge in [0, 0.05) is 5.56 Å². The van der Waals surface area contributed by atoms with Gasteiger partial charge in [-0.15, -0.1) is 0 Å². The van der Waals surface area contributed by atoms with Crippen LogP contribution in [0.5, 0.6) is 5.75 Å². The van der Waals surface area contributed by atoms with E-state index in [1.165, 1.54) is 12.1 Å². The Morgan fingerprint density at radius 2 is 2.14 bits per heavy atom.